The maximum absolute atomic E-state index is 9.80. The highest BCUT2D eigenvalue weighted by atomic mass is 16.3. The normalized spacial score (nSPS) is 22.6. The predicted octanol–water partition coefficient (Wildman–Crippen LogP) is 3.45. The van der Waals surface area contributed by atoms with Gasteiger partial charge in [-0.3, -0.25) is 0 Å². The lowest BCUT2D eigenvalue weighted by atomic mass is 9.77. The molecule has 24 heavy (non-hydrogen) atoms. The molecule has 1 saturated carbocycles. The summed E-state index contributed by atoms with van der Waals surface area (Å²) >= 11 is 0. The van der Waals surface area contributed by atoms with Gasteiger partial charge in [0.15, 0.2) is 0 Å². The van der Waals surface area contributed by atoms with E-state index < -0.39 is 0 Å². The molecular weight excluding hydrogens is 300 g/mol. The van der Waals surface area contributed by atoms with E-state index in [1.165, 1.54) is 5.56 Å². The Labute approximate surface area is 141 Å². The van der Waals surface area contributed by atoms with E-state index in [0.29, 0.717) is 11.8 Å². The van der Waals surface area contributed by atoms with E-state index in [0.717, 1.165) is 42.3 Å². The van der Waals surface area contributed by atoms with E-state index in [1.807, 2.05) is 42.3 Å². The Morgan fingerprint density at radius 1 is 1.08 bits per heavy atom. The van der Waals surface area contributed by atoms with Crippen molar-refractivity contribution in [3.8, 4) is 11.1 Å². The van der Waals surface area contributed by atoms with Crippen LogP contribution in [0.5, 0.6) is 0 Å². The average molecular weight is 322 g/mol. The molecule has 5 heteroatoms. The van der Waals surface area contributed by atoms with E-state index in [-0.39, 0.29) is 6.10 Å². The lowest BCUT2D eigenvalue weighted by molar-refractivity contribution is 0.0968. The molecule has 0 bridgehead atoms. The first-order valence-corrected chi connectivity index (χ1v) is 8.63. The van der Waals surface area contributed by atoms with Gasteiger partial charge >= 0.3 is 0 Å². The highest BCUT2D eigenvalue weighted by molar-refractivity contribution is 5.69. The van der Waals surface area contributed by atoms with Crippen molar-refractivity contribution >= 4 is 5.52 Å². The molecule has 124 valence electrons. The molecular formula is C19H22N4O. The lowest BCUT2D eigenvalue weighted by Crippen LogP contribution is -2.22. The second-order valence-electron chi connectivity index (χ2n) is 6.82. The zero-order valence-corrected chi connectivity index (χ0v) is 13.8. The van der Waals surface area contributed by atoms with E-state index in [1.54, 1.807) is 6.33 Å². The number of aliphatic hydroxyl groups is 1. The Hall–Kier alpha value is -2.27. The summed E-state index contributed by atoms with van der Waals surface area (Å²) in [6.45, 7) is 1.91. The first kappa shape index (κ1) is 15.3. The van der Waals surface area contributed by atoms with Gasteiger partial charge in [0, 0.05) is 29.7 Å². The van der Waals surface area contributed by atoms with Gasteiger partial charge in [-0.15, -0.1) is 0 Å². The molecule has 0 amide bonds. The summed E-state index contributed by atoms with van der Waals surface area (Å²) in [6, 6.07) is 4.23. The molecule has 0 radical (unpaired) electrons. The molecule has 1 N–H and O–H groups in total. The van der Waals surface area contributed by atoms with Crippen LogP contribution in [0.4, 0.5) is 0 Å². The minimum atomic E-state index is -0.195. The molecule has 3 heterocycles. The fourth-order valence-electron chi connectivity index (χ4n) is 3.85. The minimum absolute atomic E-state index is 0.195. The number of pyridine rings is 1. The standard InChI is InChI=1S/C19H22N4O/c1-13(24)14-2-4-15(5-3-14)18-11-22-23-7-6-16(8-19(18)23)17-9-20-12-21-10-17/h6-15,24H,2-5H2,1H3/t13-,14-,15-/m0/s1. The van der Waals surface area contributed by atoms with Crippen LogP contribution in [0.15, 0.2) is 43.2 Å². The van der Waals surface area contributed by atoms with Crippen molar-refractivity contribution in [1.29, 1.82) is 0 Å². The van der Waals surface area contributed by atoms with Crippen LogP contribution < -0.4 is 0 Å². The van der Waals surface area contributed by atoms with E-state index >= 15 is 0 Å². The summed E-state index contributed by atoms with van der Waals surface area (Å²) in [7, 11) is 0. The van der Waals surface area contributed by atoms with Crippen molar-refractivity contribution < 1.29 is 5.11 Å². The second kappa shape index (κ2) is 6.32. The molecule has 1 fully saturated rings. The molecule has 1 atom stereocenters. The number of rotatable bonds is 3. The van der Waals surface area contributed by atoms with Crippen LogP contribution in [0.1, 0.15) is 44.1 Å². The smallest absolute Gasteiger partial charge is 0.115 e. The van der Waals surface area contributed by atoms with E-state index in [4.69, 9.17) is 0 Å². The molecule has 0 spiro atoms. The number of hydrogen-bond acceptors (Lipinski definition) is 4. The predicted molar refractivity (Wildman–Crippen MR) is 92.6 cm³/mol. The van der Waals surface area contributed by atoms with Crippen molar-refractivity contribution in [2.75, 3.05) is 0 Å². The summed E-state index contributed by atoms with van der Waals surface area (Å²) in [5.41, 5.74) is 4.61. The van der Waals surface area contributed by atoms with Crippen molar-refractivity contribution in [1.82, 2.24) is 19.6 Å². The number of aromatic nitrogens is 4. The van der Waals surface area contributed by atoms with Gasteiger partial charge in [0.25, 0.3) is 0 Å². The molecule has 0 saturated heterocycles. The van der Waals surface area contributed by atoms with Crippen LogP contribution in [0.2, 0.25) is 0 Å². The van der Waals surface area contributed by atoms with E-state index in [9.17, 15) is 5.11 Å². The summed E-state index contributed by atoms with van der Waals surface area (Å²) in [4.78, 5) is 8.22. The largest absolute Gasteiger partial charge is 0.393 e. The van der Waals surface area contributed by atoms with Crippen LogP contribution in [-0.4, -0.2) is 30.8 Å². The second-order valence-corrected chi connectivity index (χ2v) is 6.82. The van der Waals surface area contributed by atoms with Gasteiger partial charge < -0.3 is 5.11 Å². The van der Waals surface area contributed by atoms with Crippen LogP contribution in [0, 0.1) is 5.92 Å². The number of aliphatic hydroxyl groups excluding tert-OH is 1. The molecule has 0 aromatic carbocycles. The third-order valence-corrected chi connectivity index (χ3v) is 5.34. The van der Waals surface area contributed by atoms with Crippen LogP contribution >= 0.6 is 0 Å². The van der Waals surface area contributed by atoms with Crippen molar-refractivity contribution in [3.05, 3.63) is 48.8 Å². The Balaban J connectivity index is 1.65. The van der Waals surface area contributed by atoms with Crippen molar-refractivity contribution in [2.45, 2.75) is 44.6 Å². The molecule has 3 aromatic heterocycles. The molecule has 5 nitrogen and oxygen atoms in total. The van der Waals surface area contributed by atoms with Crippen LogP contribution in [0.3, 0.4) is 0 Å². The third kappa shape index (κ3) is 2.80. The third-order valence-electron chi connectivity index (χ3n) is 5.34. The Kier molecular flexibility index (Phi) is 4.02. The van der Waals surface area contributed by atoms with Gasteiger partial charge in [0.1, 0.15) is 6.33 Å². The van der Waals surface area contributed by atoms with Crippen LogP contribution in [-0.2, 0) is 0 Å². The van der Waals surface area contributed by atoms with Gasteiger partial charge in [-0.1, -0.05) is 0 Å². The lowest BCUT2D eigenvalue weighted by Gasteiger charge is -2.29. The topological polar surface area (TPSA) is 63.3 Å². The number of nitrogens with zero attached hydrogens (tertiary/aromatic N) is 4. The first-order chi connectivity index (χ1) is 11.7. The van der Waals surface area contributed by atoms with Crippen molar-refractivity contribution in [3.63, 3.8) is 0 Å². The Morgan fingerprint density at radius 2 is 1.83 bits per heavy atom. The summed E-state index contributed by atoms with van der Waals surface area (Å²) in [6.07, 6.45) is 13.5. The minimum Gasteiger partial charge on any atom is -0.393 e. The summed E-state index contributed by atoms with van der Waals surface area (Å²) in [5.74, 6) is 0.972. The maximum Gasteiger partial charge on any atom is 0.115 e. The zero-order chi connectivity index (χ0) is 16.5. The molecule has 1 aliphatic rings. The van der Waals surface area contributed by atoms with Gasteiger partial charge in [0.2, 0.25) is 0 Å². The SMILES string of the molecule is C[C@H](O)[C@H]1CC[C@H](c2cnn3ccc(-c4cncnc4)cc23)CC1. The highest BCUT2D eigenvalue weighted by Gasteiger charge is 2.26. The fourth-order valence-corrected chi connectivity index (χ4v) is 3.85. The fraction of sp³-hybridized carbons (Fsp3) is 0.421. The van der Waals surface area contributed by atoms with Gasteiger partial charge in [-0.05, 0) is 62.1 Å². The van der Waals surface area contributed by atoms with Gasteiger partial charge in [-0.25, -0.2) is 14.5 Å². The average Bonchev–Trinajstić information content (AvgIpc) is 3.05. The van der Waals surface area contributed by atoms with Gasteiger partial charge in [0.05, 0.1) is 17.8 Å². The number of hydrogen-bond donors (Lipinski definition) is 1. The maximum atomic E-state index is 9.80. The van der Waals surface area contributed by atoms with Gasteiger partial charge in [-0.2, -0.15) is 5.10 Å². The molecule has 0 aliphatic heterocycles. The molecule has 4 rings (SSSR count). The van der Waals surface area contributed by atoms with E-state index in [2.05, 4.69) is 21.1 Å². The first-order valence-electron chi connectivity index (χ1n) is 8.63. The monoisotopic (exact) mass is 322 g/mol. The quantitative estimate of drug-likeness (QED) is 0.802. The highest BCUT2D eigenvalue weighted by Crippen LogP contribution is 2.39. The van der Waals surface area contributed by atoms with Crippen LogP contribution in [0.25, 0.3) is 16.6 Å². The van der Waals surface area contributed by atoms with Crippen molar-refractivity contribution in [2.24, 2.45) is 5.92 Å². The Morgan fingerprint density at radius 3 is 2.54 bits per heavy atom. The number of fused-ring (bicyclic) bond motifs is 1. The summed E-state index contributed by atoms with van der Waals surface area (Å²) < 4.78 is 1.95. The molecule has 1 aliphatic carbocycles. The zero-order valence-electron chi connectivity index (χ0n) is 13.8. The molecule has 3 aromatic rings. The Bertz CT molecular complexity index is 820. The summed E-state index contributed by atoms with van der Waals surface area (Å²) in [5, 5.41) is 14.3. The molecule has 0 unspecified atom stereocenters.